The molecule has 3 rings (SSSR count). The minimum atomic E-state index is -1.95. The summed E-state index contributed by atoms with van der Waals surface area (Å²) < 4.78 is 0. The quantitative estimate of drug-likeness (QED) is 0.247. The monoisotopic (exact) mass is 432 g/mol. The van der Waals surface area contributed by atoms with Crippen LogP contribution in [-0.2, 0) is 4.89 Å². The Morgan fingerprint density at radius 3 is 2.61 bits per heavy atom. The smallest absolute Gasteiger partial charge is 0.229 e. The zero-order valence-corrected chi connectivity index (χ0v) is 20.1. The fourth-order valence-corrected chi connectivity index (χ4v) is 6.78. The van der Waals surface area contributed by atoms with Crippen molar-refractivity contribution < 1.29 is 20.4 Å². The molecule has 4 heteroatoms. The second kappa shape index (κ2) is 9.91. The lowest BCUT2D eigenvalue weighted by atomic mass is 9.60. The van der Waals surface area contributed by atoms with Gasteiger partial charge in [0, 0.05) is 12.8 Å². The first-order valence-electron chi connectivity index (χ1n) is 12.4. The van der Waals surface area contributed by atoms with Crippen LogP contribution in [0.2, 0.25) is 0 Å². The van der Waals surface area contributed by atoms with Crippen molar-refractivity contribution in [3.05, 3.63) is 35.5 Å². The summed E-state index contributed by atoms with van der Waals surface area (Å²) in [5.41, 5.74) is 3.55. The minimum Gasteiger partial charge on any atom is -0.387 e. The highest BCUT2D eigenvalue weighted by molar-refractivity contribution is 5.38. The summed E-state index contributed by atoms with van der Waals surface area (Å²) >= 11 is 0. The van der Waals surface area contributed by atoms with Crippen molar-refractivity contribution in [2.45, 2.75) is 104 Å². The van der Waals surface area contributed by atoms with Crippen LogP contribution in [0, 0.1) is 29.1 Å². The molecule has 0 bridgehead atoms. The fourth-order valence-electron chi connectivity index (χ4n) is 6.78. The maximum atomic E-state index is 10.3. The van der Waals surface area contributed by atoms with E-state index in [-0.39, 0.29) is 12.8 Å². The van der Waals surface area contributed by atoms with Gasteiger partial charge in [0.25, 0.3) is 0 Å². The van der Waals surface area contributed by atoms with E-state index in [1.165, 1.54) is 50.5 Å². The molecule has 0 aromatic carbocycles. The third-order valence-electron chi connectivity index (χ3n) is 8.68. The van der Waals surface area contributed by atoms with Crippen LogP contribution in [0.1, 0.15) is 91.9 Å². The van der Waals surface area contributed by atoms with Gasteiger partial charge >= 0.3 is 0 Å². The van der Waals surface area contributed by atoms with Crippen LogP contribution in [-0.4, -0.2) is 27.4 Å². The second-order valence-electron chi connectivity index (χ2n) is 11.3. The van der Waals surface area contributed by atoms with Crippen LogP contribution >= 0.6 is 0 Å². The number of fused-ring (bicyclic) bond motifs is 1. The summed E-state index contributed by atoms with van der Waals surface area (Å²) in [6.07, 6.45) is 13.7. The third-order valence-corrected chi connectivity index (χ3v) is 8.68. The lowest BCUT2D eigenvalue weighted by Gasteiger charge is -2.44. The van der Waals surface area contributed by atoms with E-state index in [2.05, 4.69) is 45.2 Å². The molecule has 3 N–H and O–H groups in total. The van der Waals surface area contributed by atoms with Gasteiger partial charge in [-0.15, -0.1) is 0 Å². The second-order valence-corrected chi connectivity index (χ2v) is 11.3. The minimum absolute atomic E-state index is 0.0464. The van der Waals surface area contributed by atoms with E-state index >= 15 is 0 Å². The SMILES string of the molecule is C=C1CC(O)[C@](O)(OO)C/C1=C/C=C1CCC[C@@]2(C)C1CC[C@@H]2[C@H](C)CCCC(C)C. The highest BCUT2D eigenvalue weighted by Gasteiger charge is 2.50. The Morgan fingerprint density at radius 2 is 1.94 bits per heavy atom. The van der Waals surface area contributed by atoms with Gasteiger partial charge < -0.3 is 10.2 Å². The Bertz CT molecular complexity index is 708. The molecule has 0 heterocycles. The number of aliphatic hydroxyl groups is 2. The average Bonchev–Trinajstić information content (AvgIpc) is 3.07. The molecule has 0 aromatic heterocycles. The molecule has 0 radical (unpaired) electrons. The molecule has 0 saturated heterocycles. The van der Waals surface area contributed by atoms with Gasteiger partial charge in [-0.05, 0) is 72.3 Å². The molecule has 2 unspecified atom stereocenters. The van der Waals surface area contributed by atoms with E-state index in [0.717, 1.165) is 35.3 Å². The standard InChI is InChI=1S/C27H44O4/c1-18(2)8-6-9-19(3)23-13-14-24-21(10-7-15-26(23,24)5)11-12-22-17-27(29,31-30)25(28)16-20(22)4/h11-12,18-19,23-25,28-30H,4,6-10,13-17H2,1-3,5H3/b21-11?,22-12-/t19-,23-,24?,25?,26-,27-/m1/s1. The molecule has 0 amide bonds. The molecule has 3 fully saturated rings. The number of allylic oxidation sites excluding steroid dienone is 3. The first kappa shape index (κ1) is 24.7. The predicted molar refractivity (Wildman–Crippen MR) is 125 cm³/mol. The number of hydrogen-bond donors (Lipinski definition) is 3. The van der Waals surface area contributed by atoms with Crippen molar-refractivity contribution in [3.8, 4) is 0 Å². The molecule has 3 saturated carbocycles. The Balaban J connectivity index is 1.73. The molecular weight excluding hydrogens is 388 g/mol. The molecule has 31 heavy (non-hydrogen) atoms. The number of hydrogen-bond acceptors (Lipinski definition) is 4. The van der Waals surface area contributed by atoms with E-state index in [1.807, 2.05) is 6.08 Å². The Labute approximate surface area is 189 Å². The molecule has 4 nitrogen and oxygen atoms in total. The Morgan fingerprint density at radius 1 is 1.19 bits per heavy atom. The Kier molecular flexibility index (Phi) is 7.89. The van der Waals surface area contributed by atoms with Crippen LogP contribution in [0.5, 0.6) is 0 Å². The van der Waals surface area contributed by atoms with Gasteiger partial charge in [0.2, 0.25) is 5.79 Å². The van der Waals surface area contributed by atoms with Gasteiger partial charge in [-0.2, -0.15) is 0 Å². The summed E-state index contributed by atoms with van der Waals surface area (Å²) in [7, 11) is 0. The summed E-state index contributed by atoms with van der Waals surface area (Å²) in [6.45, 7) is 13.7. The van der Waals surface area contributed by atoms with Crippen molar-refractivity contribution in [2.24, 2.45) is 29.1 Å². The topological polar surface area (TPSA) is 69.9 Å². The zero-order valence-electron chi connectivity index (χ0n) is 20.1. The summed E-state index contributed by atoms with van der Waals surface area (Å²) in [6, 6.07) is 0. The lowest BCUT2D eigenvalue weighted by Crippen LogP contribution is -2.47. The van der Waals surface area contributed by atoms with Crippen molar-refractivity contribution in [3.63, 3.8) is 0 Å². The molecule has 0 aromatic rings. The third kappa shape index (κ3) is 5.19. The van der Waals surface area contributed by atoms with E-state index in [4.69, 9.17) is 5.26 Å². The number of aliphatic hydroxyl groups excluding tert-OH is 1. The van der Waals surface area contributed by atoms with Crippen molar-refractivity contribution >= 4 is 0 Å². The summed E-state index contributed by atoms with van der Waals surface area (Å²) in [4.78, 5) is 4.24. The fraction of sp³-hybridized carbons (Fsp3) is 0.778. The zero-order chi connectivity index (χ0) is 22.8. The molecule has 176 valence electrons. The van der Waals surface area contributed by atoms with Crippen molar-refractivity contribution in [1.82, 2.24) is 0 Å². The largest absolute Gasteiger partial charge is 0.387 e. The highest BCUT2D eigenvalue weighted by Crippen LogP contribution is 2.60. The van der Waals surface area contributed by atoms with Crippen LogP contribution in [0.25, 0.3) is 0 Å². The molecular formula is C27H44O4. The van der Waals surface area contributed by atoms with Crippen LogP contribution in [0.15, 0.2) is 35.5 Å². The van der Waals surface area contributed by atoms with Gasteiger partial charge in [-0.3, -0.25) is 0 Å². The van der Waals surface area contributed by atoms with E-state index < -0.39 is 11.9 Å². The van der Waals surface area contributed by atoms with Crippen molar-refractivity contribution in [2.75, 3.05) is 0 Å². The van der Waals surface area contributed by atoms with E-state index in [0.29, 0.717) is 11.3 Å². The van der Waals surface area contributed by atoms with Crippen LogP contribution in [0.3, 0.4) is 0 Å². The summed E-state index contributed by atoms with van der Waals surface area (Å²) in [5, 5.41) is 29.5. The maximum absolute atomic E-state index is 10.3. The first-order valence-corrected chi connectivity index (χ1v) is 12.4. The van der Waals surface area contributed by atoms with Crippen LogP contribution in [0.4, 0.5) is 0 Å². The molecule has 0 aliphatic heterocycles. The maximum Gasteiger partial charge on any atom is 0.229 e. The highest BCUT2D eigenvalue weighted by atomic mass is 17.1. The van der Waals surface area contributed by atoms with Gasteiger partial charge in [0.15, 0.2) is 0 Å². The van der Waals surface area contributed by atoms with Crippen LogP contribution < -0.4 is 0 Å². The number of rotatable bonds is 7. The van der Waals surface area contributed by atoms with Gasteiger partial charge in [-0.25, -0.2) is 10.1 Å². The van der Waals surface area contributed by atoms with Crippen molar-refractivity contribution in [1.29, 1.82) is 0 Å². The average molecular weight is 433 g/mol. The summed E-state index contributed by atoms with van der Waals surface area (Å²) in [5.74, 6) is 1.06. The molecule has 3 aliphatic rings. The normalized spacial score (nSPS) is 40.0. The Hall–Kier alpha value is -0.940. The van der Waals surface area contributed by atoms with Gasteiger partial charge in [0.1, 0.15) is 6.10 Å². The predicted octanol–water partition coefficient (Wildman–Crippen LogP) is 6.41. The van der Waals surface area contributed by atoms with E-state index in [9.17, 15) is 10.2 Å². The lowest BCUT2D eigenvalue weighted by molar-refractivity contribution is -0.415. The van der Waals surface area contributed by atoms with Gasteiger partial charge in [0.05, 0.1) is 0 Å². The molecule has 0 spiro atoms. The first-order chi connectivity index (χ1) is 14.6. The molecule has 6 atom stereocenters. The van der Waals surface area contributed by atoms with E-state index in [1.54, 1.807) is 0 Å². The molecule has 3 aliphatic carbocycles. The van der Waals surface area contributed by atoms with Gasteiger partial charge in [-0.1, -0.05) is 71.3 Å².